The number of Topliss-reactive ketones (excluding diaryl/α,β-unsaturated/α-hetero) is 2. The number of hydrogen-bond acceptors (Lipinski definition) is 10. The number of nitrogens with zero attached hydrogens (tertiary/aromatic N) is 3. The Balaban J connectivity index is 1.75. The van der Waals surface area contributed by atoms with E-state index in [1.165, 1.54) is 14.0 Å². The van der Waals surface area contributed by atoms with E-state index in [4.69, 9.17) is 18.9 Å². The fourth-order valence-electron chi connectivity index (χ4n) is 7.29. The van der Waals surface area contributed by atoms with Gasteiger partial charge in [-0.1, -0.05) is 6.07 Å². The number of ketones is 2. The summed E-state index contributed by atoms with van der Waals surface area (Å²) in [6, 6.07) is 2.37. The molecular weight excluding hydrogens is 528 g/mol. The molecule has 0 aromatic heterocycles. The van der Waals surface area contributed by atoms with Crippen molar-refractivity contribution in [2.45, 2.75) is 63.8 Å². The molecule has 1 fully saturated rings. The molecule has 3 heterocycles. The summed E-state index contributed by atoms with van der Waals surface area (Å²) in [5.74, 6) is 0.262. The molecule has 1 aromatic rings. The minimum absolute atomic E-state index is 0.00339. The van der Waals surface area contributed by atoms with E-state index in [0.29, 0.717) is 29.1 Å². The van der Waals surface area contributed by atoms with Crippen molar-refractivity contribution >= 4 is 17.5 Å². The monoisotopic (exact) mass is 564 g/mol. The van der Waals surface area contributed by atoms with E-state index in [0.717, 1.165) is 16.7 Å². The molecule has 0 radical (unpaired) electrons. The molecular formula is C30H36N4O7. The van der Waals surface area contributed by atoms with Crippen LogP contribution in [0.2, 0.25) is 0 Å². The average molecular weight is 565 g/mol. The van der Waals surface area contributed by atoms with Gasteiger partial charge in [0.2, 0.25) is 11.7 Å². The number of likely N-dealkylation sites (N-methyl/N-ethyl adjacent to an activating group) is 1. The number of benzene rings is 1. The number of carbonyl (C=O) groups excluding carboxylic acids is 3. The van der Waals surface area contributed by atoms with Gasteiger partial charge < -0.3 is 24.3 Å². The van der Waals surface area contributed by atoms with Crippen molar-refractivity contribution in [2.75, 3.05) is 41.7 Å². The lowest BCUT2D eigenvalue weighted by atomic mass is 9.69. The maximum atomic E-state index is 13.8. The fraction of sp³-hybridized carbons (Fsp3) is 0.533. The van der Waals surface area contributed by atoms with Crippen LogP contribution in [0.25, 0.3) is 0 Å². The third kappa shape index (κ3) is 4.33. The Morgan fingerprint density at radius 1 is 1.10 bits per heavy atom. The smallest absolute Gasteiger partial charge is 0.226 e. The van der Waals surface area contributed by atoms with Gasteiger partial charge >= 0.3 is 0 Å². The number of hydrogen-bond donors (Lipinski definition) is 1. The quantitative estimate of drug-likeness (QED) is 0.386. The van der Waals surface area contributed by atoms with Crippen molar-refractivity contribution in [3.05, 3.63) is 45.2 Å². The minimum Gasteiger partial charge on any atom is -0.493 e. The van der Waals surface area contributed by atoms with Crippen LogP contribution >= 0.6 is 0 Å². The van der Waals surface area contributed by atoms with Gasteiger partial charge in [0.1, 0.15) is 6.04 Å². The first kappa shape index (κ1) is 28.8. The van der Waals surface area contributed by atoms with Gasteiger partial charge in [0.15, 0.2) is 29.8 Å². The molecule has 1 aliphatic carbocycles. The van der Waals surface area contributed by atoms with Gasteiger partial charge in [0.05, 0.1) is 32.4 Å². The minimum atomic E-state index is -0.706. The van der Waals surface area contributed by atoms with Crippen LogP contribution in [0.15, 0.2) is 28.5 Å². The maximum Gasteiger partial charge on any atom is 0.226 e. The number of allylic oxidation sites excluding steroid dienone is 2. The first-order valence-corrected chi connectivity index (χ1v) is 13.6. The van der Waals surface area contributed by atoms with Crippen molar-refractivity contribution in [1.82, 2.24) is 15.1 Å². The summed E-state index contributed by atoms with van der Waals surface area (Å²) in [7, 11) is 6.50. The highest BCUT2D eigenvalue weighted by Gasteiger charge is 2.58. The number of nitriles is 1. The number of ether oxygens (including phenoxy) is 4. The number of nitrogens with one attached hydrogen (secondary N) is 1. The van der Waals surface area contributed by atoms with Crippen LogP contribution in [0.1, 0.15) is 43.0 Å². The molecule has 1 N–H and O–H groups in total. The van der Waals surface area contributed by atoms with Crippen molar-refractivity contribution in [1.29, 1.82) is 5.26 Å². The second-order valence-corrected chi connectivity index (χ2v) is 11.0. The zero-order valence-electron chi connectivity index (χ0n) is 24.5. The first-order chi connectivity index (χ1) is 19.6. The molecule has 1 aromatic carbocycles. The molecule has 218 valence electrons. The average Bonchev–Trinajstić information content (AvgIpc) is 2.93. The molecule has 5 atom stereocenters. The number of rotatable bonds is 7. The fourth-order valence-corrected chi connectivity index (χ4v) is 7.29. The second kappa shape index (κ2) is 10.9. The molecule has 1 amide bonds. The summed E-state index contributed by atoms with van der Waals surface area (Å²) in [4.78, 5) is 43.9. The highest BCUT2D eigenvalue weighted by Crippen LogP contribution is 2.54. The Hall–Kier alpha value is -3.72. The van der Waals surface area contributed by atoms with E-state index in [2.05, 4.69) is 22.4 Å². The summed E-state index contributed by atoms with van der Waals surface area (Å²) in [6.07, 6.45) is 0.802. The van der Waals surface area contributed by atoms with Crippen LogP contribution < -0.4 is 14.8 Å². The predicted molar refractivity (Wildman–Crippen MR) is 147 cm³/mol. The van der Waals surface area contributed by atoms with E-state index in [1.54, 1.807) is 21.1 Å². The lowest BCUT2D eigenvalue weighted by Crippen LogP contribution is -2.71. The summed E-state index contributed by atoms with van der Waals surface area (Å²) in [5.41, 5.74) is 3.82. The number of methoxy groups -OCH3 is 3. The maximum absolute atomic E-state index is 13.8. The van der Waals surface area contributed by atoms with Crippen molar-refractivity contribution in [2.24, 2.45) is 0 Å². The Kier molecular flexibility index (Phi) is 7.68. The Labute approximate surface area is 239 Å². The van der Waals surface area contributed by atoms with Crippen LogP contribution in [0.5, 0.6) is 11.5 Å². The SMILES string of the molecule is COCOc1c(OC)c(C)cc2c1[C@H]1C3CC4=C(C(=O)C(OC)=C(C)C4=O)[C@H](CNC(C)=O)N3[C@@H](C#N)[C@@H](C2)N1C. The van der Waals surface area contributed by atoms with Gasteiger partial charge in [-0.05, 0) is 44.9 Å². The Morgan fingerprint density at radius 2 is 1.83 bits per heavy atom. The van der Waals surface area contributed by atoms with Gasteiger partial charge in [-0.25, -0.2) is 0 Å². The van der Waals surface area contributed by atoms with E-state index >= 15 is 0 Å². The molecule has 1 saturated heterocycles. The van der Waals surface area contributed by atoms with Crippen LogP contribution in [0.4, 0.5) is 0 Å². The summed E-state index contributed by atoms with van der Waals surface area (Å²) >= 11 is 0. The van der Waals surface area contributed by atoms with Gasteiger partial charge in [0, 0.05) is 54.9 Å². The number of piperazine rings is 1. The Morgan fingerprint density at radius 3 is 2.44 bits per heavy atom. The van der Waals surface area contributed by atoms with Gasteiger partial charge in [0.25, 0.3) is 0 Å². The highest BCUT2D eigenvalue weighted by molar-refractivity contribution is 6.25. The molecule has 5 rings (SSSR count). The predicted octanol–water partition coefficient (Wildman–Crippen LogP) is 1.74. The summed E-state index contributed by atoms with van der Waals surface area (Å²) in [5, 5.41) is 13.4. The van der Waals surface area contributed by atoms with E-state index in [1.807, 2.05) is 18.9 Å². The zero-order valence-corrected chi connectivity index (χ0v) is 24.5. The number of fused-ring (bicyclic) bond motifs is 6. The largest absolute Gasteiger partial charge is 0.493 e. The van der Waals surface area contributed by atoms with Crippen molar-refractivity contribution < 1.29 is 33.3 Å². The Bertz CT molecular complexity index is 1420. The van der Waals surface area contributed by atoms with Crippen LogP contribution in [0, 0.1) is 18.3 Å². The lowest BCUT2D eigenvalue weighted by molar-refractivity contribution is -0.124. The molecule has 2 bridgehead atoms. The van der Waals surface area contributed by atoms with Crippen LogP contribution in [0.3, 0.4) is 0 Å². The third-order valence-corrected chi connectivity index (χ3v) is 8.91. The highest BCUT2D eigenvalue weighted by atomic mass is 16.7. The van der Waals surface area contributed by atoms with Crippen molar-refractivity contribution in [3.63, 3.8) is 0 Å². The molecule has 3 aliphatic heterocycles. The summed E-state index contributed by atoms with van der Waals surface area (Å²) in [6.45, 7) is 5.03. The van der Waals surface area contributed by atoms with Gasteiger partial charge in [-0.15, -0.1) is 0 Å². The standard InChI is InChI=1S/C30H36N4O7/c1-14-8-17-9-19-21(11-31)34-20(25(33(19)4)23(17)30(28(14)39-6)41-13-38-5)10-18-24(22(34)12-32-16(3)35)27(37)29(40-7)15(2)26(18)36/h8,19-22,25H,9-10,12-13H2,1-7H3,(H,32,35)/t19-,20?,21+,22+,25-/m1/s1. The van der Waals surface area contributed by atoms with E-state index in [9.17, 15) is 19.6 Å². The van der Waals surface area contributed by atoms with E-state index in [-0.39, 0.29) is 66.7 Å². The topological polar surface area (TPSA) is 130 Å². The van der Waals surface area contributed by atoms with Crippen molar-refractivity contribution in [3.8, 4) is 17.6 Å². The molecule has 11 heteroatoms. The number of carbonyl (C=O) groups is 3. The van der Waals surface area contributed by atoms with E-state index < -0.39 is 12.1 Å². The normalized spacial score (nSPS) is 27.5. The first-order valence-electron chi connectivity index (χ1n) is 13.6. The molecule has 1 unspecified atom stereocenters. The molecule has 11 nitrogen and oxygen atoms in total. The number of amides is 1. The summed E-state index contributed by atoms with van der Waals surface area (Å²) < 4.78 is 22.6. The molecule has 4 aliphatic rings. The second-order valence-electron chi connectivity index (χ2n) is 11.0. The lowest BCUT2D eigenvalue weighted by Gasteiger charge is -2.60. The third-order valence-electron chi connectivity index (χ3n) is 8.91. The molecule has 0 spiro atoms. The van der Waals surface area contributed by atoms with Crippen LogP contribution in [-0.2, 0) is 30.3 Å². The molecule has 0 saturated carbocycles. The van der Waals surface area contributed by atoms with Crippen LogP contribution in [-0.4, -0.2) is 93.2 Å². The zero-order chi connectivity index (χ0) is 29.7. The number of aryl methyl sites for hydroxylation is 1. The molecule has 41 heavy (non-hydrogen) atoms. The van der Waals surface area contributed by atoms with Gasteiger partial charge in [-0.2, -0.15) is 5.26 Å². The van der Waals surface area contributed by atoms with Gasteiger partial charge in [-0.3, -0.25) is 24.2 Å².